The Labute approximate surface area is 308 Å². The molecule has 0 bridgehead atoms. The Bertz CT molecular complexity index is 2080. The Morgan fingerprint density at radius 2 is 1.29 bits per heavy atom. The molecule has 15 heteroatoms. The zero-order chi connectivity index (χ0) is 38.2. The fourth-order valence-corrected chi connectivity index (χ4v) is 6.62. The highest BCUT2D eigenvalue weighted by atomic mass is 79.9. The first-order valence-electron chi connectivity index (χ1n) is 15.0. The van der Waals surface area contributed by atoms with Crippen molar-refractivity contribution >= 4 is 61.5 Å². The molecule has 4 rings (SSSR count). The van der Waals surface area contributed by atoms with Gasteiger partial charge >= 0.3 is 23.9 Å². The minimum Gasteiger partial charge on any atom is -0.507 e. The van der Waals surface area contributed by atoms with Crippen LogP contribution in [0.2, 0.25) is 0 Å². The number of aromatic carboxylic acids is 1. The van der Waals surface area contributed by atoms with E-state index in [4.69, 9.17) is 23.7 Å². The lowest BCUT2D eigenvalue weighted by atomic mass is 9.99. The van der Waals surface area contributed by atoms with Crippen LogP contribution in [0.1, 0.15) is 64.5 Å². The molecule has 13 nitrogen and oxygen atoms in total. The molecule has 0 fully saturated rings. The van der Waals surface area contributed by atoms with Gasteiger partial charge < -0.3 is 39.0 Å². The van der Waals surface area contributed by atoms with Crippen LogP contribution < -0.4 is 18.9 Å². The maximum Gasteiger partial charge on any atom is 0.347 e. The zero-order valence-electron chi connectivity index (χ0n) is 28.6. The van der Waals surface area contributed by atoms with Crippen molar-refractivity contribution in [1.82, 2.24) is 0 Å². The number of halogens is 2. The number of phenols is 2. The van der Waals surface area contributed by atoms with E-state index in [-0.39, 0.29) is 88.0 Å². The Balaban J connectivity index is 1.65. The maximum atomic E-state index is 13.5. The number of aryl methyl sites for hydroxylation is 1. The number of hydrogen-bond donors (Lipinski definition) is 3. The van der Waals surface area contributed by atoms with Gasteiger partial charge in [-0.1, -0.05) is 6.08 Å². The average molecular weight is 832 g/mol. The number of aromatic hydroxyl groups is 2. The number of rotatable bonds is 9. The van der Waals surface area contributed by atoms with Gasteiger partial charge in [0.05, 0.1) is 18.7 Å². The highest BCUT2D eigenvalue weighted by Crippen LogP contribution is 2.45. The molecule has 3 N–H and O–H groups in total. The first-order valence-corrected chi connectivity index (χ1v) is 16.5. The molecular weight excluding hydrogens is 800 g/mol. The summed E-state index contributed by atoms with van der Waals surface area (Å²) in [4.78, 5) is 63.6. The molecule has 1 atom stereocenters. The highest BCUT2D eigenvalue weighted by molar-refractivity contribution is 9.11. The number of carbonyl (C=O) groups excluding carboxylic acids is 4. The summed E-state index contributed by atoms with van der Waals surface area (Å²) in [5, 5.41) is 31.9. The summed E-state index contributed by atoms with van der Waals surface area (Å²) < 4.78 is 27.4. The highest BCUT2D eigenvalue weighted by Gasteiger charge is 2.32. The molecule has 1 aliphatic rings. The summed E-state index contributed by atoms with van der Waals surface area (Å²) >= 11 is 6.51. The van der Waals surface area contributed by atoms with E-state index in [1.54, 1.807) is 6.92 Å². The summed E-state index contributed by atoms with van der Waals surface area (Å²) in [5.74, 6) is -6.75. The molecule has 0 amide bonds. The fourth-order valence-electron chi connectivity index (χ4n) is 5.46. The van der Waals surface area contributed by atoms with Gasteiger partial charge in [0.2, 0.25) is 0 Å². The van der Waals surface area contributed by atoms with Gasteiger partial charge in [0.1, 0.15) is 55.8 Å². The van der Waals surface area contributed by atoms with Crippen LogP contribution in [0.15, 0.2) is 39.0 Å². The van der Waals surface area contributed by atoms with Crippen molar-refractivity contribution in [3.8, 4) is 34.5 Å². The van der Waals surface area contributed by atoms with E-state index in [9.17, 15) is 39.3 Å². The second-order valence-electron chi connectivity index (χ2n) is 11.5. The molecule has 0 radical (unpaired) electrons. The van der Waals surface area contributed by atoms with Crippen molar-refractivity contribution in [1.29, 1.82) is 0 Å². The number of allylic oxidation sites excluding steroid dienone is 2. The van der Waals surface area contributed by atoms with Crippen molar-refractivity contribution in [3.05, 3.63) is 89.1 Å². The van der Waals surface area contributed by atoms with E-state index >= 15 is 0 Å². The number of ketones is 1. The molecule has 3 aromatic rings. The number of carbonyl (C=O) groups is 5. The van der Waals surface area contributed by atoms with Crippen LogP contribution in [0.5, 0.6) is 34.5 Å². The van der Waals surface area contributed by atoms with E-state index in [2.05, 4.69) is 31.9 Å². The lowest BCUT2D eigenvalue weighted by molar-refractivity contribution is -0.137. The second-order valence-corrected chi connectivity index (χ2v) is 13.0. The van der Waals surface area contributed by atoms with Gasteiger partial charge in [-0.15, -0.1) is 0 Å². The number of esters is 3. The monoisotopic (exact) mass is 830 g/mol. The third kappa shape index (κ3) is 7.08. The molecule has 1 unspecified atom stereocenters. The third-order valence-electron chi connectivity index (χ3n) is 8.40. The molecule has 0 aliphatic heterocycles. The van der Waals surface area contributed by atoms with Crippen molar-refractivity contribution < 1.29 is 63.0 Å². The molecule has 1 aliphatic carbocycles. The fraction of sp³-hybridized carbons (Fsp3) is 0.250. The van der Waals surface area contributed by atoms with Gasteiger partial charge in [-0.05, 0) is 108 Å². The molecule has 0 saturated carbocycles. The topological polar surface area (TPSA) is 192 Å². The van der Waals surface area contributed by atoms with Gasteiger partial charge in [0.25, 0.3) is 0 Å². The number of carboxylic acid groups (broad SMARTS) is 1. The second kappa shape index (κ2) is 15.0. The quantitative estimate of drug-likeness (QED) is 0.151. The molecule has 268 valence electrons. The van der Waals surface area contributed by atoms with Crippen molar-refractivity contribution in [2.45, 2.75) is 41.5 Å². The minimum absolute atomic E-state index is 0.00606. The normalized spacial score (nSPS) is 13.7. The SMILES string of the molecule is COC1=CC(=O)C=CC1C(=O)Oc1c(C)c(C)c(C(=O)Oc2cc(C)c(C(=O)Oc3c(C)c(OC)c(C(=O)O)c(C)c3Br)c(O)c2C)c(O)c1Br. The molecule has 0 spiro atoms. The third-order valence-corrected chi connectivity index (χ3v) is 10.1. The first kappa shape index (κ1) is 38.6. The minimum atomic E-state index is -1.24. The summed E-state index contributed by atoms with van der Waals surface area (Å²) in [5.41, 5.74) is 0.499. The number of carboxylic acids is 1. The van der Waals surface area contributed by atoms with Crippen LogP contribution in [0.25, 0.3) is 0 Å². The van der Waals surface area contributed by atoms with Crippen LogP contribution in [0, 0.1) is 47.5 Å². The van der Waals surface area contributed by atoms with E-state index in [0.29, 0.717) is 5.56 Å². The first-order chi connectivity index (χ1) is 23.9. The van der Waals surface area contributed by atoms with Gasteiger partial charge in [-0.25, -0.2) is 14.4 Å². The number of phenolic OH excluding ortho intramolecular Hbond substituents is 2. The summed E-state index contributed by atoms with van der Waals surface area (Å²) in [6, 6.07) is 1.33. The lowest BCUT2D eigenvalue weighted by Crippen LogP contribution is -2.25. The molecule has 0 aromatic heterocycles. The van der Waals surface area contributed by atoms with Crippen LogP contribution in [0.4, 0.5) is 0 Å². The molecule has 3 aromatic carbocycles. The number of methoxy groups -OCH3 is 2. The van der Waals surface area contributed by atoms with Crippen LogP contribution >= 0.6 is 31.9 Å². The summed E-state index contributed by atoms with van der Waals surface area (Å²) in [6.07, 6.45) is 3.69. The number of ether oxygens (including phenoxy) is 5. The molecule has 0 heterocycles. The van der Waals surface area contributed by atoms with Gasteiger partial charge in [0.15, 0.2) is 17.3 Å². The molecular formula is C36H32Br2O13. The van der Waals surface area contributed by atoms with Gasteiger partial charge in [0, 0.05) is 17.2 Å². The van der Waals surface area contributed by atoms with Crippen LogP contribution in [-0.2, 0) is 14.3 Å². The number of hydrogen-bond acceptors (Lipinski definition) is 12. The zero-order valence-corrected chi connectivity index (χ0v) is 31.7. The maximum absolute atomic E-state index is 13.5. The Morgan fingerprint density at radius 3 is 1.88 bits per heavy atom. The van der Waals surface area contributed by atoms with E-state index in [0.717, 1.165) is 6.08 Å². The van der Waals surface area contributed by atoms with Crippen molar-refractivity contribution in [2.24, 2.45) is 5.92 Å². The van der Waals surface area contributed by atoms with Crippen molar-refractivity contribution in [3.63, 3.8) is 0 Å². The van der Waals surface area contributed by atoms with Gasteiger partial charge in [-0.2, -0.15) is 0 Å². The smallest absolute Gasteiger partial charge is 0.347 e. The Hall–Kier alpha value is -5.15. The van der Waals surface area contributed by atoms with Crippen molar-refractivity contribution in [2.75, 3.05) is 14.2 Å². The number of benzene rings is 3. The largest absolute Gasteiger partial charge is 0.507 e. The van der Waals surface area contributed by atoms with Crippen LogP contribution in [0.3, 0.4) is 0 Å². The standard InChI is InChI=1S/C36H32Br2O13/c1-13-11-21(16(4)28(40)23(13)35(45)51-32-18(6)30(48-8)25(33(42)43)17(5)26(32)37)49-36(46)24-14(2)15(3)31(27(38)29(24)41)50-34(44)20-10-9-19(39)12-22(20)47-7/h9-12,20,40-41H,1-8H3,(H,42,43). The van der Waals surface area contributed by atoms with Crippen LogP contribution in [-0.4, -0.2) is 59.2 Å². The predicted octanol–water partition coefficient (Wildman–Crippen LogP) is 6.81. The Morgan fingerprint density at radius 1 is 0.686 bits per heavy atom. The van der Waals surface area contributed by atoms with Gasteiger partial charge in [-0.3, -0.25) is 9.59 Å². The van der Waals surface area contributed by atoms with E-state index in [1.165, 1.54) is 67.1 Å². The lowest BCUT2D eigenvalue weighted by Gasteiger charge is -2.21. The summed E-state index contributed by atoms with van der Waals surface area (Å²) in [7, 11) is 2.59. The van der Waals surface area contributed by atoms with E-state index < -0.39 is 41.3 Å². The Kier molecular flexibility index (Phi) is 11.4. The van der Waals surface area contributed by atoms with E-state index in [1.807, 2.05) is 0 Å². The summed E-state index contributed by atoms with van der Waals surface area (Å²) in [6.45, 7) is 8.96. The molecule has 51 heavy (non-hydrogen) atoms. The average Bonchev–Trinajstić information content (AvgIpc) is 3.07. The molecule has 0 saturated heterocycles. The predicted molar refractivity (Wildman–Crippen MR) is 188 cm³/mol.